The van der Waals surface area contributed by atoms with Crippen molar-refractivity contribution in [3.05, 3.63) is 45.7 Å². The van der Waals surface area contributed by atoms with E-state index in [0.717, 1.165) is 0 Å². The average Bonchev–Trinajstić information content (AvgIpc) is 2.34. The number of aromatic hydroxyl groups is 1. The van der Waals surface area contributed by atoms with Crippen LogP contribution in [0, 0.1) is 0 Å². The fourth-order valence-corrected chi connectivity index (χ4v) is 1.84. The maximum atomic E-state index is 12.1. The molecular formula is C11H7Cl2N3O2. The van der Waals surface area contributed by atoms with Gasteiger partial charge in [0.25, 0.3) is 0 Å². The lowest BCUT2D eigenvalue weighted by atomic mass is 10.1. The predicted octanol–water partition coefficient (Wildman–Crippen LogP) is 2.30. The van der Waals surface area contributed by atoms with Crippen LogP contribution in [0.1, 0.15) is 15.9 Å². The number of phenols is 1. The maximum Gasteiger partial charge on any atom is 0.219 e. The number of nitrogen functional groups attached to an aromatic ring is 1. The molecule has 3 N–H and O–H groups in total. The van der Waals surface area contributed by atoms with Crippen LogP contribution in [0.5, 0.6) is 5.75 Å². The Hall–Kier alpha value is -1.85. The summed E-state index contributed by atoms with van der Waals surface area (Å²) in [6.07, 6.45) is 2.53. The summed E-state index contributed by atoms with van der Waals surface area (Å²) in [7, 11) is 0. The number of nitrogens with zero attached hydrogens (tertiary/aromatic N) is 2. The summed E-state index contributed by atoms with van der Waals surface area (Å²) in [6, 6.07) is 2.66. The Morgan fingerprint density at radius 2 is 1.83 bits per heavy atom. The molecule has 5 nitrogen and oxygen atoms in total. The van der Waals surface area contributed by atoms with Gasteiger partial charge in [0.1, 0.15) is 5.75 Å². The van der Waals surface area contributed by atoms with E-state index in [1.807, 2.05) is 0 Å². The second-order valence-corrected chi connectivity index (χ2v) is 4.29. The second kappa shape index (κ2) is 4.80. The van der Waals surface area contributed by atoms with Crippen LogP contribution in [0.2, 0.25) is 10.0 Å². The fourth-order valence-electron chi connectivity index (χ4n) is 1.35. The first-order chi connectivity index (χ1) is 8.49. The van der Waals surface area contributed by atoms with Crippen LogP contribution < -0.4 is 5.73 Å². The number of phenolic OH excluding ortho intramolecular Hbond substituents is 1. The van der Waals surface area contributed by atoms with E-state index in [0.29, 0.717) is 0 Å². The molecule has 1 aromatic heterocycles. The van der Waals surface area contributed by atoms with Crippen LogP contribution in [0.15, 0.2) is 24.5 Å². The van der Waals surface area contributed by atoms with Crippen molar-refractivity contribution in [3.8, 4) is 5.75 Å². The molecule has 2 rings (SSSR count). The van der Waals surface area contributed by atoms with Gasteiger partial charge in [0.05, 0.1) is 16.1 Å². The van der Waals surface area contributed by atoms with Gasteiger partial charge in [-0.25, -0.2) is 9.97 Å². The minimum Gasteiger partial charge on any atom is -0.506 e. The topological polar surface area (TPSA) is 89.1 Å². The highest BCUT2D eigenvalue weighted by atomic mass is 35.5. The van der Waals surface area contributed by atoms with Crippen molar-refractivity contribution >= 4 is 34.9 Å². The first kappa shape index (κ1) is 12.6. The predicted molar refractivity (Wildman–Crippen MR) is 68.0 cm³/mol. The molecule has 7 heteroatoms. The Balaban J connectivity index is 2.49. The quantitative estimate of drug-likeness (QED) is 0.826. The summed E-state index contributed by atoms with van der Waals surface area (Å²) in [6.45, 7) is 0. The van der Waals surface area contributed by atoms with E-state index < -0.39 is 5.78 Å². The molecular weight excluding hydrogens is 277 g/mol. The van der Waals surface area contributed by atoms with Gasteiger partial charge < -0.3 is 10.8 Å². The zero-order valence-electron chi connectivity index (χ0n) is 8.89. The van der Waals surface area contributed by atoms with Crippen LogP contribution in [-0.4, -0.2) is 20.9 Å². The lowest BCUT2D eigenvalue weighted by Gasteiger charge is -2.06. The molecule has 1 aromatic carbocycles. The van der Waals surface area contributed by atoms with E-state index >= 15 is 0 Å². The first-order valence-electron chi connectivity index (χ1n) is 4.79. The SMILES string of the molecule is Nc1ncc(C(=O)c2cc(Cl)cc(Cl)c2O)cn1. The fraction of sp³-hybridized carbons (Fsp3) is 0. The van der Waals surface area contributed by atoms with Gasteiger partial charge in [-0.3, -0.25) is 4.79 Å². The van der Waals surface area contributed by atoms with Gasteiger partial charge in [0, 0.05) is 17.4 Å². The summed E-state index contributed by atoms with van der Waals surface area (Å²) in [5.41, 5.74) is 5.48. The van der Waals surface area contributed by atoms with Crippen molar-refractivity contribution in [2.75, 3.05) is 5.73 Å². The Morgan fingerprint density at radius 1 is 1.22 bits per heavy atom. The van der Waals surface area contributed by atoms with Crippen LogP contribution in [0.4, 0.5) is 5.95 Å². The molecule has 0 unspecified atom stereocenters. The number of carbonyl (C=O) groups is 1. The number of hydrogen-bond acceptors (Lipinski definition) is 5. The summed E-state index contributed by atoms with van der Waals surface area (Å²) in [5.74, 6) is -0.764. The summed E-state index contributed by atoms with van der Waals surface area (Å²) in [4.78, 5) is 19.5. The summed E-state index contributed by atoms with van der Waals surface area (Å²) in [5, 5.41) is 9.98. The highest BCUT2D eigenvalue weighted by molar-refractivity contribution is 6.36. The summed E-state index contributed by atoms with van der Waals surface area (Å²) >= 11 is 11.5. The number of hydrogen-bond donors (Lipinski definition) is 2. The molecule has 0 aliphatic carbocycles. The normalized spacial score (nSPS) is 10.3. The van der Waals surface area contributed by atoms with E-state index in [2.05, 4.69) is 9.97 Å². The molecule has 0 aliphatic rings. The number of halogens is 2. The zero-order valence-corrected chi connectivity index (χ0v) is 10.4. The average molecular weight is 284 g/mol. The first-order valence-corrected chi connectivity index (χ1v) is 5.55. The van der Waals surface area contributed by atoms with Crippen LogP contribution in [0.25, 0.3) is 0 Å². The molecule has 18 heavy (non-hydrogen) atoms. The molecule has 0 bridgehead atoms. The van der Waals surface area contributed by atoms with Crippen molar-refractivity contribution in [2.24, 2.45) is 0 Å². The third kappa shape index (κ3) is 2.37. The lowest BCUT2D eigenvalue weighted by molar-refractivity contribution is 0.103. The van der Waals surface area contributed by atoms with E-state index in [-0.39, 0.29) is 32.9 Å². The molecule has 0 spiro atoms. The molecule has 0 atom stereocenters. The Bertz CT molecular complexity index is 614. The van der Waals surface area contributed by atoms with E-state index in [1.165, 1.54) is 24.5 Å². The van der Waals surface area contributed by atoms with Gasteiger partial charge in [0.15, 0.2) is 5.78 Å². The lowest BCUT2D eigenvalue weighted by Crippen LogP contribution is -2.05. The minimum absolute atomic E-state index is 0.00205. The molecule has 0 saturated carbocycles. The van der Waals surface area contributed by atoms with Gasteiger partial charge in [-0.1, -0.05) is 23.2 Å². The highest BCUT2D eigenvalue weighted by Crippen LogP contribution is 2.32. The third-order valence-corrected chi connectivity index (χ3v) is 2.71. The van der Waals surface area contributed by atoms with E-state index in [4.69, 9.17) is 28.9 Å². The largest absolute Gasteiger partial charge is 0.506 e. The number of rotatable bonds is 2. The van der Waals surface area contributed by atoms with Crippen LogP contribution in [-0.2, 0) is 0 Å². The highest BCUT2D eigenvalue weighted by Gasteiger charge is 2.17. The second-order valence-electron chi connectivity index (χ2n) is 3.44. The van der Waals surface area contributed by atoms with Gasteiger partial charge in [-0.2, -0.15) is 0 Å². The van der Waals surface area contributed by atoms with Crippen molar-refractivity contribution in [2.45, 2.75) is 0 Å². The Morgan fingerprint density at radius 3 is 2.44 bits per heavy atom. The Kier molecular flexibility index (Phi) is 3.36. The number of carbonyl (C=O) groups excluding carboxylic acids is 1. The smallest absolute Gasteiger partial charge is 0.219 e. The summed E-state index contributed by atoms with van der Waals surface area (Å²) < 4.78 is 0. The number of nitrogens with two attached hydrogens (primary N) is 1. The molecule has 0 radical (unpaired) electrons. The number of benzene rings is 1. The van der Waals surface area contributed by atoms with Crippen molar-refractivity contribution in [1.29, 1.82) is 0 Å². The minimum atomic E-state index is -0.489. The van der Waals surface area contributed by atoms with Gasteiger partial charge >= 0.3 is 0 Å². The van der Waals surface area contributed by atoms with Gasteiger partial charge in [-0.15, -0.1) is 0 Å². The molecule has 2 aromatic rings. The van der Waals surface area contributed by atoms with Crippen molar-refractivity contribution < 1.29 is 9.90 Å². The third-order valence-electron chi connectivity index (χ3n) is 2.21. The zero-order chi connectivity index (χ0) is 13.3. The van der Waals surface area contributed by atoms with Gasteiger partial charge in [-0.05, 0) is 12.1 Å². The van der Waals surface area contributed by atoms with Crippen molar-refractivity contribution in [3.63, 3.8) is 0 Å². The molecule has 0 saturated heterocycles. The number of aromatic nitrogens is 2. The van der Waals surface area contributed by atoms with Crippen molar-refractivity contribution in [1.82, 2.24) is 9.97 Å². The molecule has 0 aliphatic heterocycles. The Labute approximate surface area is 112 Å². The van der Waals surface area contributed by atoms with E-state index in [1.54, 1.807) is 0 Å². The van der Waals surface area contributed by atoms with Crippen LogP contribution >= 0.6 is 23.2 Å². The monoisotopic (exact) mass is 283 g/mol. The maximum absolute atomic E-state index is 12.1. The molecule has 92 valence electrons. The van der Waals surface area contributed by atoms with Gasteiger partial charge in [0.2, 0.25) is 5.95 Å². The molecule has 1 heterocycles. The number of ketones is 1. The molecule has 0 amide bonds. The van der Waals surface area contributed by atoms with E-state index in [9.17, 15) is 9.90 Å². The van der Waals surface area contributed by atoms with Crippen LogP contribution in [0.3, 0.4) is 0 Å². The molecule has 0 fully saturated rings. The number of anilines is 1. The standard InChI is InChI=1S/C11H7Cl2N3O2/c12-6-1-7(10(18)8(13)2-6)9(17)5-3-15-11(14)16-4-5/h1-4,18H,(H2,14,15,16).